The number of guanidine groups is 1. The van der Waals surface area contributed by atoms with Gasteiger partial charge in [0.1, 0.15) is 23.7 Å². The van der Waals surface area contributed by atoms with E-state index in [1.807, 2.05) is 49.5 Å². The molecule has 5 heteroatoms. The van der Waals surface area contributed by atoms with Crippen molar-refractivity contribution < 1.29 is 9.47 Å². The van der Waals surface area contributed by atoms with E-state index in [0.717, 1.165) is 56.4 Å². The molecule has 1 saturated heterocycles. The number of ether oxygens (including phenoxy) is 2. The Morgan fingerprint density at radius 1 is 1.11 bits per heavy atom. The van der Waals surface area contributed by atoms with Crippen molar-refractivity contribution in [2.75, 3.05) is 26.7 Å². The number of fused-ring (bicyclic) bond motifs is 1. The van der Waals surface area contributed by atoms with E-state index in [-0.39, 0.29) is 12.2 Å². The summed E-state index contributed by atoms with van der Waals surface area (Å²) in [5.74, 6) is 2.92. The Bertz CT molecular complexity index is 745. The first-order valence-corrected chi connectivity index (χ1v) is 9.73. The fourth-order valence-corrected chi connectivity index (χ4v) is 3.78. The van der Waals surface area contributed by atoms with Gasteiger partial charge in [0.2, 0.25) is 0 Å². The second-order valence-electron chi connectivity index (χ2n) is 7.10. The van der Waals surface area contributed by atoms with Gasteiger partial charge in [0, 0.05) is 39.4 Å². The van der Waals surface area contributed by atoms with Crippen molar-refractivity contribution in [2.24, 2.45) is 4.99 Å². The van der Waals surface area contributed by atoms with Gasteiger partial charge in [0.25, 0.3) is 0 Å². The molecule has 0 aliphatic carbocycles. The van der Waals surface area contributed by atoms with Crippen molar-refractivity contribution in [3.8, 4) is 11.5 Å². The van der Waals surface area contributed by atoms with Crippen molar-refractivity contribution in [3.05, 3.63) is 60.2 Å². The summed E-state index contributed by atoms with van der Waals surface area (Å²) in [6, 6.07) is 18.4. The van der Waals surface area contributed by atoms with Crippen LogP contribution in [0.3, 0.4) is 0 Å². The number of benzene rings is 2. The van der Waals surface area contributed by atoms with Crippen molar-refractivity contribution in [2.45, 2.75) is 31.5 Å². The van der Waals surface area contributed by atoms with Gasteiger partial charge in [-0.2, -0.15) is 0 Å². The monoisotopic (exact) mass is 365 g/mol. The van der Waals surface area contributed by atoms with Crippen LogP contribution in [0, 0.1) is 0 Å². The maximum atomic E-state index is 6.09. The van der Waals surface area contributed by atoms with E-state index in [0.29, 0.717) is 0 Å². The largest absolute Gasteiger partial charge is 0.490 e. The number of nitrogens with one attached hydrogen (secondary N) is 1. The van der Waals surface area contributed by atoms with Crippen molar-refractivity contribution in [1.82, 2.24) is 10.2 Å². The minimum Gasteiger partial charge on any atom is -0.490 e. The lowest BCUT2D eigenvalue weighted by molar-refractivity contribution is 0.129. The molecular formula is C22H27N3O2. The van der Waals surface area contributed by atoms with Gasteiger partial charge in [-0.3, -0.25) is 4.99 Å². The van der Waals surface area contributed by atoms with Gasteiger partial charge in [-0.25, -0.2) is 0 Å². The molecule has 0 amide bonds. The Kier molecular flexibility index (Phi) is 5.47. The summed E-state index contributed by atoms with van der Waals surface area (Å²) >= 11 is 0. The minimum atomic E-state index is 0.165. The van der Waals surface area contributed by atoms with Crippen molar-refractivity contribution in [1.29, 1.82) is 0 Å². The number of rotatable bonds is 4. The molecule has 142 valence electrons. The molecule has 0 spiro atoms. The van der Waals surface area contributed by atoms with Gasteiger partial charge in [-0.05, 0) is 23.8 Å². The third-order valence-corrected chi connectivity index (χ3v) is 5.20. The van der Waals surface area contributed by atoms with Crippen LogP contribution in [0.2, 0.25) is 0 Å². The van der Waals surface area contributed by atoms with E-state index in [9.17, 15) is 0 Å². The van der Waals surface area contributed by atoms with Gasteiger partial charge in [-0.1, -0.05) is 36.4 Å². The molecule has 0 aromatic heterocycles. The topological polar surface area (TPSA) is 46.1 Å². The lowest BCUT2D eigenvalue weighted by Crippen LogP contribution is -2.49. The first-order valence-electron chi connectivity index (χ1n) is 9.73. The highest BCUT2D eigenvalue weighted by molar-refractivity contribution is 5.80. The molecule has 2 aliphatic heterocycles. The normalized spacial score (nSPS) is 20.1. The molecule has 1 N–H and O–H groups in total. The molecule has 2 aliphatic rings. The van der Waals surface area contributed by atoms with E-state index in [1.165, 1.54) is 5.56 Å². The zero-order valence-electron chi connectivity index (χ0n) is 15.8. The molecule has 1 fully saturated rings. The number of hydrogen-bond acceptors (Lipinski definition) is 3. The summed E-state index contributed by atoms with van der Waals surface area (Å²) < 4.78 is 12.1. The summed E-state index contributed by atoms with van der Waals surface area (Å²) in [6.45, 7) is 2.66. The molecular weight excluding hydrogens is 338 g/mol. The van der Waals surface area contributed by atoms with Crippen LogP contribution in [0.25, 0.3) is 0 Å². The Labute approximate surface area is 161 Å². The maximum absolute atomic E-state index is 6.09. The molecule has 1 atom stereocenters. The van der Waals surface area contributed by atoms with Crippen molar-refractivity contribution >= 4 is 5.96 Å². The number of nitrogens with zero attached hydrogens (tertiary/aromatic N) is 2. The number of para-hydroxylation sites is 2. The van der Waals surface area contributed by atoms with E-state index < -0.39 is 0 Å². The third-order valence-electron chi connectivity index (χ3n) is 5.20. The molecule has 27 heavy (non-hydrogen) atoms. The number of likely N-dealkylation sites (tertiary alicyclic amines) is 1. The minimum absolute atomic E-state index is 0.165. The predicted molar refractivity (Wildman–Crippen MR) is 108 cm³/mol. The van der Waals surface area contributed by atoms with Crippen LogP contribution in [0.4, 0.5) is 0 Å². The third kappa shape index (κ3) is 4.35. The number of hydrogen-bond donors (Lipinski definition) is 1. The second kappa shape index (κ2) is 8.33. The Morgan fingerprint density at radius 2 is 1.85 bits per heavy atom. The fourth-order valence-electron chi connectivity index (χ4n) is 3.78. The van der Waals surface area contributed by atoms with E-state index in [4.69, 9.17) is 9.47 Å². The molecule has 0 bridgehead atoms. The molecule has 2 heterocycles. The predicted octanol–water partition coefficient (Wildman–Crippen LogP) is 3.11. The highest BCUT2D eigenvalue weighted by Gasteiger charge is 2.25. The van der Waals surface area contributed by atoms with Gasteiger partial charge < -0.3 is 19.7 Å². The average Bonchev–Trinajstić information content (AvgIpc) is 3.13. The maximum Gasteiger partial charge on any atom is 0.193 e. The highest BCUT2D eigenvalue weighted by Crippen LogP contribution is 2.27. The summed E-state index contributed by atoms with van der Waals surface area (Å²) in [4.78, 5) is 6.78. The zero-order valence-corrected chi connectivity index (χ0v) is 15.8. The smallest absolute Gasteiger partial charge is 0.193 e. The zero-order chi connectivity index (χ0) is 18.5. The van der Waals surface area contributed by atoms with Crippen LogP contribution in [0.15, 0.2) is 59.6 Å². The fraction of sp³-hybridized carbons (Fsp3) is 0.409. The Morgan fingerprint density at radius 3 is 2.59 bits per heavy atom. The van der Waals surface area contributed by atoms with Gasteiger partial charge in [-0.15, -0.1) is 0 Å². The molecule has 2 aromatic carbocycles. The molecule has 5 nitrogen and oxygen atoms in total. The standard InChI is InChI=1S/C22H27N3O2/c1-23-22(24-16-20-15-17-7-5-6-10-21(17)27-20)25-13-11-19(12-14-25)26-18-8-3-2-4-9-18/h2-10,19-20H,11-16H2,1H3,(H,23,24). The number of aliphatic imine (C=N–C) groups is 1. The van der Waals surface area contributed by atoms with Gasteiger partial charge >= 0.3 is 0 Å². The molecule has 0 saturated carbocycles. The van der Waals surface area contributed by atoms with Crippen LogP contribution in [-0.4, -0.2) is 49.7 Å². The van der Waals surface area contributed by atoms with Gasteiger partial charge in [0.15, 0.2) is 5.96 Å². The van der Waals surface area contributed by atoms with E-state index >= 15 is 0 Å². The van der Waals surface area contributed by atoms with E-state index in [1.54, 1.807) is 0 Å². The second-order valence-corrected chi connectivity index (χ2v) is 7.10. The quantitative estimate of drug-likeness (QED) is 0.668. The first kappa shape index (κ1) is 17.7. The summed E-state index contributed by atoms with van der Waals surface area (Å²) in [5.41, 5.74) is 1.29. The van der Waals surface area contributed by atoms with Crippen LogP contribution >= 0.6 is 0 Å². The van der Waals surface area contributed by atoms with Crippen molar-refractivity contribution in [3.63, 3.8) is 0 Å². The number of piperidine rings is 1. The average molecular weight is 365 g/mol. The summed E-state index contributed by atoms with van der Waals surface area (Å²) in [7, 11) is 1.85. The lowest BCUT2D eigenvalue weighted by Gasteiger charge is -2.34. The van der Waals surface area contributed by atoms with E-state index in [2.05, 4.69) is 27.3 Å². The lowest BCUT2D eigenvalue weighted by atomic mass is 10.1. The molecule has 4 rings (SSSR count). The highest BCUT2D eigenvalue weighted by atomic mass is 16.5. The van der Waals surface area contributed by atoms with Crippen LogP contribution in [0.1, 0.15) is 18.4 Å². The Hall–Kier alpha value is -2.69. The first-order chi connectivity index (χ1) is 13.3. The van der Waals surface area contributed by atoms with Crippen LogP contribution < -0.4 is 14.8 Å². The van der Waals surface area contributed by atoms with Crippen LogP contribution in [0.5, 0.6) is 11.5 Å². The molecule has 0 radical (unpaired) electrons. The Balaban J connectivity index is 1.24. The summed E-state index contributed by atoms with van der Waals surface area (Å²) in [6.07, 6.45) is 3.39. The van der Waals surface area contributed by atoms with Crippen LogP contribution in [-0.2, 0) is 6.42 Å². The SMILES string of the molecule is CN=C(NCC1Cc2ccccc2O1)N1CCC(Oc2ccccc2)CC1. The van der Waals surface area contributed by atoms with Gasteiger partial charge in [0.05, 0.1) is 6.54 Å². The molecule has 1 unspecified atom stereocenters. The summed E-state index contributed by atoms with van der Waals surface area (Å²) in [5, 5.41) is 3.49. The molecule has 2 aromatic rings.